The minimum Gasteiger partial charge on any atom is -0.356 e. The van der Waals surface area contributed by atoms with Gasteiger partial charge in [-0.3, -0.25) is 0 Å². The predicted octanol–water partition coefficient (Wildman–Crippen LogP) is 8.50. The lowest BCUT2D eigenvalue weighted by Gasteiger charge is -2.02. The molecule has 1 nitrogen and oxygen atoms in total. The van der Waals surface area contributed by atoms with Crippen LogP contribution >= 0.6 is 0 Å². The first-order valence-corrected chi connectivity index (χ1v) is 12.3. The van der Waals surface area contributed by atoms with E-state index in [4.69, 9.17) is 0 Å². The molecule has 0 aliphatic heterocycles. The summed E-state index contributed by atoms with van der Waals surface area (Å²) in [6.07, 6.45) is 10.8. The van der Waals surface area contributed by atoms with Crippen molar-refractivity contribution in [3.8, 4) is 22.3 Å². The van der Waals surface area contributed by atoms with Gasteiger partial charge in [0, 0.05) is 11.4 Å². The fourth-order valence-electron chi connectivity index (χ4n) is 5.53. The van der Waals surface area contributed by atoms with Crippen molar-refractivity contribution in [3.63, 3.8) is 0 Å². The molecule has 166 valence electrons. The largest absolute Gasteiger partial charge is 0.356 e. The number of hydrogen-bond donors (Lipinski definition) is 1. The Morgan fingerprint density at radius 2 is 0.886 bits per heavy atom. The number of fused-ring (bicyclic) bond motifs is 6. The lowest BCUT2D eigenvalue weighted by atomic mass is 10.0. The normalized spacial score (nSPS) is 13.3. The fourth-order valence-corrected chi connectivity index (χ4v) is 5.53. The predicted molar refractivity (Wildman–Crippen MR) is 148 cm³/mol. The highest BCUT2D eigenvalue weighted by molar-refractivity contribution is 5.81. The molecule has 1 heterocycles. The molecular weight excluding hydrogens is 422 g/mol. The Kier molecular flexibility index (Phi) is 4.67. The van der Waals surface area contributed by atoms with Crippen molar-refractivity contribution in [2.24, 2.45) is 0 Å². The highest BCUT2D eigenvalue weighted by atomic mass is 14.7. The Morgan fingerprint density at radius 3 is 1.40 bits per heavy atom. The quantitative estimate of drug-likeness (QED) is 0.278. The zero-order valence-electron chi connectivity index (χ0n) is 19.5. The molecule has 0 spiro atoms. The van der Waals surface area contributed by atoms with Gasteiger partial charge in [-0.05, 0) is 92.8 Å². The lowest BCUT2D eigenvalue weighted by Crippen LogP contribution is -1.82. The first kappa shape index (κ1) is 20.1. The van der Waals surface area contributed by atoms with Crippen molar-refractivity contribution in [1.82, 2.24) is 4.98 Å². The molecular formula is C34H25N. The summed E-state index contributed by atoms with van der Waals surface area (Å²) in [5.41, 5.74) is 15.9. The summed E-state index contributed by atoms with van der Waals surface area (Å²) < 4.78 is 0. The van der Waals surface area contributed by atoms with Crippen molar-refractivity contribution >= 4 is 24.3 Å². The third-order valence-electron chi connectivity index (χ3n) is 7.28. The molecule has 7 rings (SSSR count). The Labute approximate surface area is 206 Å². The van der Waals surface area contributed by atoms with Crippen molar-refractivity contribution in [2.75, 3.05) is 0 Å². The number of hydrogen-bond acceptors (Lipinski definition) is 0. The second-order valence-electron chi connectivity index (χ2n) is 9.54. The van der Waals surface area contributed by atoms with Gasteiger partial charge in [0.05, 0.1) is 0 Å². The van der Waals surface area contributed by atoms with Crippen molar-refractivity contribution in [2.45, 2.75) is 12.8 Å². The Hall–Kier alpha value is -4.36. The maximum absolute atomic E-state index is 3.51. The summed E-state index contributed by atoms with van der Waals surface area (Å²) in [5, 5.41) is 0. The third kappa shape index (κ3) is 3.66. The molecule has 1 heteroatoms. The molecule has 5 aromatic rings. The monoisotopic (exact) mass is 447 g/mol. The van der Waals surface area contributed by atoms with E-state index in [0.717, 1.165) is 24.2 Å². The smallest absolute Gasteiger partial charge is 0.0385 e. The number of nitrogens with one attached hydrogen (secondary N) is 1. The van der Waals surface area contributed by atoms with E-state index in [0.29, 0.717) is 0 Å². The van der Waals surface area contributed by atoms with Gasteiger partial charge in [-0.2, -0.15) is 0 Å². The van der Waals surface area contributed by atoms with Gasteiger partial charge < -0.3 is 4.98 Å². The van der Waals surface area contributed by atoms with Crippen molar-refractivity contribution < 1.29 is 0 Å². The molecule has 1 N–H and O–H groups in total. The second kappa shape index (κ2) is 8.14. The first-order chi connectivity index (χ1) is 17.3. The van der Waals surface area contributed by atoms with Crippen molar-refractivity contribution in [1.29, 1.82) is 0 Å². The average Bonchev–Trinajstić information content (AvgIpc) is 3.60. The summed E-state index contributed by atoms with van der Waals surface area (Å²) in [5.74, 6) is 0. The van der Waals surface area contributed by atoms with Crippen LogP contribution in [0.2, 0.25) is 0 Å². The SMILES string of the molecule is C(=C\c1ccc(/C=C/c2ccc3c(c2)Cc2ccccc2-3)[nH]1)/c1ccc2c(c1)Cc1ccccc1-2. The number of H-pyrrole nitrogens is 1. The first-order valence-electron chi connectivity index (χ1n) is 12.3. The van der Waals surface area contributed by atoms with E-state index in [1.165, 1.54) is 55.6 Å². The van der Waals surface area contributed by atoms with Crippen LogP contribution in [0.3, 0.4) is 0 Å². The van der Waals surface area contributed by atoms with E-state index >= 15 is 0 Å². The number of rotatable bonds is 4. The topological polar surface area (TPSA) is 15.8 Å². The molecule has 0 saturated carbocycles. The molecule has 2 aliphatic carbocycles. The third-order valence-corrected chi connectivity index (χ3v) is 7.28. The fraction of sp³-hybridized carbons (Fsp3) is 0.0588. The zero-order valence-corrected chi connectivity index (χ0v) is 19.5. The Morgan fingerprint density at radius 1 is 0.429 bits per heavy atom. The Bertz CT molecular complexity index is 1520. The maximum Gasteiger partial charge on any atom is 0.0385 e. The van der Waals surface area contributed by atoms with Gasteiger partial charge in [0.25, 0.3) is 0 Å². The highest BCUT2D eigenvalue weighted by Gasteiger charge is 2.18. The van der Waals surface area contributed by atoms with Crippen LogP contribution in [-0.2, 0) is 12.8 Å². The van der Waals surface area contributed by atoms with Crippen molar-refractivity contribution in [3.05, 3.63) is 142 Å². The van der Waals surface area contributed by atoms with Gasteiger partial charge in [0.2, 0.25) is 0 Å². The molecule has 0 saturated heterocycles. The standard InChI is InChI=1S/C34H25N/c1-3-7-31-25(5-1)21-27-19-23(11-17-33(27)31)9-13-29-15-16-30(35-29)14-10-24-12-18-34-28(20-24)22-26-6-2-4-8-32(26)34/h1-20,35H,21-22H2/b13-9+,14-10+. The summed E-state index contributed by atoms with van der Waals surface area (Å²) in [7, 11) is 0. The minimum absolute atomic E-state index is 1.03. The van der Waals surface area contributed by atoms with Crippen LogP contribution < -0.4 is 0 Å². The number of benzene rings is 4. The zero-order chi connectivity index (χ0) is 23.2. The van der Waals surface area contributed by atoms with Crippen LogP contribution in [0.5, 0.6) is 0 Å². The van der Waals surface area contributed by atoms with Gasteiger partial charge in [-0.15, -0.1) is 0 Å². The van der Waals surface area contributed by atoms with E-state index in [-0.39, 0.29) is 0 Å². The molecule has 0 atom stereocenters. The molecule has 0 unspecified atom stereocenters. The van der Waals surface area contributed by atoms with Crippen LogP contribution in [0.25, 0.3) is 46.6 Å². The molecule has 0 amide bonds. The Balaban J connectivity index is 1.06. The van der Waals surface area contributed by atoms with Crippen LogP contribution in [-0.4, -0.2) is 4.98 Å². The van der Waals surface area contributed by atoms with Crippen LogP contribution in [0.1, 0.15) is 44.8 Å². The molecule has 1 aromatic heterocycles. The van der Waals surface area contributed by atoms with Gasteiger partial charge in [-0.25, -0.2) is 0 Å². The van der Waals surface area contributed by atoms with Gasteiger partial charge in [0.15, 0.2) is 0 Å². The summed E-state index contributed by atoms with van der Waals surface area (Å²) in [6.45, 7) is 0. The van der Waals surface area contributed by atoms with Crippen LogP contribution in [0, 0.1) is 0 Å². The molecule has 35 heavy (non-hydrogen) atoms. The van der Waals surface area contributed by atoms with Crippen LogP contribution in [0.15, 0.2) is 97.1 Å². The van der Waals surface area contributed by atoms with Gasteiger partial charge in [-0.1, -0.05) is 97.1 Å². The molecule has 2 aliphatic rings. The summed E-state index contributed by atoms with van der Waals surface area (Å²) >= 11 is 0. The number of aromatic amines is 1. The van der Waals surface area contributed by atoms with E-state index in [2.05, 4.69) is 126 Å². The molecule has 4 aromatic carbocycles. The lowest BCUT2D eigenvalue weighted by molar-refractivity contribution is 1.26. The highest BCUT2D eigenvalue weighted by Crippen LogP contribution is 2.38. The van der Waals surface area contributed by atoms with E-state index in [1.807, 2.05) is 0 Å². The van der Waals surface area contributed by atoms with E-state index in [1.54, 1.807) is 0 Å². The van der Waals surface area contributed by atoms with Crippen LogP contribution in [0.4, 0.5) is 0 Å². The maximum atomic E-state index is 3.51. The molecule has 0 radical (unpaired) electrons. The van der Waals surface area contributed by atoms with E-state index in [9.17, 15) is 0 Å². The summed E-state index contributed by atoms with van der Waals surface area (Å²) in [4.78, 5) is 3.51. The summed E-state index contributed by atoms with van der Waals surface area (Å²) in [6, 6.07) is 35.3. The average molecular weight is 448 g/mol. The van der Waals surface area contributed by atoms with Gasteiger partial charge in [0.1, 0.15) is 0 Å². The second-order valence-corrected chi connectivity index (χ2v) is 9.54. The van der Waals surface area contributed by atoms with E-state index < -0.39 is 0 Å². The molecule has 0 fully saturated rings. The number of aromatic nitrogens is 1. The van der Waals surface area contributed by atoms with Gasteiger partial charge >= 0.3 is 0 Å². The minimum atomic E-state index is 1.03. The molecule has 0 bridgehead atoms.